The predicted octanol–water partition coefficient (Wildman–Crippen LogP) is 2.02. The van der Waals surface area contributed by atoms with Gasteiger partial charge < -0.3 is 9.69 Å². The molecule has 1 heterocycles. The first-order valence-electron chi connectivity index (χ1n) is 7.62. The number of aldehydes is 1. The van der Waals surface area contributed by atoms with Gasteiger partial charge in [-0.3, -0.25) is 4.90 Å². The van der Waals surface area contributed by atoms with Crippen LogP contribution in [0.3, 0.4) is 0 Å². The molecule has 0 aromatic carbocycles. The van der Waals surface area contributed by atoms with Gasteiger partial charge in [-0.05, 0) is 31.6 Å². The number of carbonyl (C=O) groups is 1. The number of hydrogen-bond acceptors (Lipinski definition) is 3. The summed E-state index contributed by atoms with van der Waals surface area (Å²) in [6.45, 7) is 11.2. The van der Waals surface area contributed by atoms with E-state index in [9.17, 15) is 4.79 Å². The monoisotopic (exact) mass is 252 g/mol. The molecule has 0 aromatic rings. The number of hydrogen-bond donors (Lipinski definition) is 0. The van der Waals surface area contributed by atoms with Crippen LogP contribution in [0, 0.1) is 11.3 Å². The Morgan fingerprint density at radius 1 is 1.06 bits per heavy atom. The third-order valence-corrected chi connectivity index (χ3v) is 4.87. The Bertz CT molecular complexity index is 264. The van der Waals surface area contributed by atoms with Crippen LogP contribution in [0.1, 0.15) is 39.5 Å². The number of carbonyl (C=O) groups excluding carboxylic acids is 1. The third kappa shape index (κ3) is 3.55. The Labute approximate surface area is 112 Å². The first kappa shape index (κ1) is 14.0. The average molecular weight is 252 g/mol. The fraction of sp³-hybridized carbons (Fsp3) is 0.933. The summed E-state index contributed by atoms with van der Waals surface area (Å²) in [5, 5.41) is 0. The molecule has 0 radical (unpaired) electrons. The van der Waals surface area contributed by atoms with Crippen molar-refractivity contribution in [3.05, 3.63) is 0 Å². The van der Waals surface area contributed by atoms with E-state index < -0.39 is 0 Å². The van der Waals surface area contributed by atoms with Crippen LogP contribution in [0.2, 0.25) is 0 Å². The number of piperazine rings is 1. The molecule has 0 amide bonds. The Morgan fingerprint density at radius 3 is 2.06 bits per heavy atom. The van der Waals surface area contributed by atoms with Crippen LogP contribution < -0.4 is 0 Å². The molecule has 18 heavy (non-hydrogen) atoms. The van der Waals surface area contributed by atoms with Crippen molar-refractivity contribution in [1.82, 2.24) is 9.80 Å². The third-order valence-electron chi connectivity index (χ3n) is 4.87. The Hall–Kier alpha value is -0.410. The van der Waals surface area contributed by atoms with Gasteiger partial charge in [0.25, 0.3) is 0 Å². The van der Waals surface area contributed by atoms with Crippen LogP contribution in [-0.2, 0) is 4.79 Å². The van der Waals surface area contributed by atoms with Crippen LogP contribution in [-0.4, -0.2) is 55.4 Å². The van der Waals surface area contributed by atoms with Crippen LogP contribution in [0.15, 0.2) is 0 Å². The summed E-state index contributed by atoms with van der Waals surface area (Å²) in [4.78, 5) is 16.4. The zero-order valence-electron chi connectivity index (χ0n) is 12.0. The minimum absolute atomic E-state index is 0.0985. The van der Waals surface area contributed by atoms with Gasteiger partial charge in [0.05, 0.1) is 0 Å². The molecule has 1 saturated carbocycles. The second-order valence-electron chi connectivity index (χ2n) is 6.21. The largest absolute Gasteiger partial charge is 0.303 e. The average Bonchev–Trinajstić information content (AvgIpc) is 3.22. The first-order chi connectivity index (χ1) is 8.71. The molecule has 0 atom stereocenters. The summed E-state index contributed by atoms with van der Waals surface area (Å²) in [7, 11) is 0. The molecule has 104 valence electrons. The van der Waals surface area contributed by atoms with Gasteiger partial charge in [-0.2, -0.15) is 0 Å². The lowest BCUT2D eigenvalue weighted by Gasteiger charge is -2.39. The van der Waals surface area contributed by atoms with Gasteiger partial charge in [0.2, 0.25) is 0 Å². The lowest BCUT2D eigenvalue weighted by Crippen LogP contribution is -2.50. The van der Waals surface area contributed by atoms with Crippen molar-refractivity contribution in [3.63, 3.8) is 0 Å². The van der Waals surface area contributed by atoms with Gasteiger partial charge >= 0.3 is 0 Å². The summed E-state index contributed by atoms with van der Waals surface area (Å²) >= 11 is 0. The SMILES string of the molecule is CCC(C=O)(CC)CN1CCN(CC2CC2)CC1. The number of rotatable bonds is 7. The summed E-state index contributed by atoms with van der Waals surface area (Å²) in [6.07, 6.45) is 6.02. The maximum atomic E-state index is 11.3. The van der Waals surface area contributed by atoms with E-state index in [1.54, 1.807) is 0 Å². The van der Waals surface area contributed by atoms with Crippen molar-refractivity contribution in [2.75, 3.05) is 39.3 Å². The fourth-order valence-electron chi connectivity index (χ4n) is 2.92. The molecule has 2 fully saturated rings. The van der Waals surface area contributed by atoms with E-state index in [-0.39, 0.29) is 5.41 Å². The lowest BCUT2D eigenvalue weighted by molar-refractivity contribution is -0.118. The fourth-order valence-corrected chi connectivity index (χ4v) is 2.92. The maximum Gasteiger partial charge on any atom is 0.127 e. The molecule has 3 heteroatoms. The van der Waals surface area contributed by atoms with Crippen LogP contribution in [0.5, 0.6) is 0 Å². The highest BCUT2D eigenvalue weighted by atomic mass is 16.1. The Kier molecular flexibility index (Phi) is 4.79. The van der Waals surface area contributed by atoms with Gasteiger partial charge in [-0.15, -0.1) is 0 Å². The summed E-state index contributed by atoms with van der Waals surface area (Å²) in [5.41, 5.74) is -0.0985. The summed E-state index contributed by atoms with van der Waals surface area (Å²) in [5.74, 6) is 0.997. The normalized spacial score (nSPS) is 23.2. The smallest absolute Gasteiger partial charge is 0.127 e. The highest BCUT2D eigenvalue weighted by molar-refractivity contribution is 5.59. The molecule has 3 nitrogen and oxygen atoms in total. The second kappa shape index (κ2) is 6.16. The molecule has 0 N–H and O–H groups in total. The molecule has 0 unspecified atom stereocenters. The van der Waals surface area contributed by atoms with Crippen LogP contribution in [0.25, 0.3) is 0 Å². The zero-order valence-corrected chi connectivity index (χ0v) is 12.0. The minimum atomic E-state index is -0.0985. The first-order valence-corrected chi connectivity index (χ1v) is 7.62. The second-order valence-corrected chi connectivity index (χ2v) is 6.21. The molecule has 1 aliphatic carbocycles. The van der Waals surface area contributed by atoms with Gasteiger partial charge in [-0.1, -0.05) is 13.8 Å². The quantitative estimate of drug-likeness (QED) is 0.648. The van der Waals surface area contributed by atoms with Crippen molar-refractivity contribution in [2.24, 2.45) is 11.3 Å². The highest BCUT2D eigenvalue weighted by Crippen LogP contribution is 2.30. The van der Waals surface area contributed by atoms with Crippen molar-refractivity contribution in [1.29, 1.82) is 0 Å². The minimum Gasteiger partial charge on any atom is -0.303 e. The zero-order chi connectivity index (χ0) is 13.0. The van der Waals surface area contributed by atoms with E-state index in [0.717, 1.165) is 38.4 Å². The van der Waals surface area contributed by atoms with E-state index in [0.29, 0.717) is 0 Å². The summed E-state index contributed by atoms with van der Waals surface area (Å²) in [6, 6.07) is 0. The predicted molar refractivity (Wildman–Crippen MR) is 74.7 cm³/mol. The van der Waals surface area contributed by atoms with Crippen molar-refractivity contribution < 1.29 is 4.79 Å². The van der Waals surface area contributed by atoms with Gasteiger partial charge in [0.1, 0.15) is 6.29 Å². The molecule has 0 spiro atoms. The van der Waals surface area contributed by atoms with Gasteiger partial charge in [0, 0.05) is 44.7 Å². The topological polar surface area (TPSA) is 23.6 Å². The van der Waals surface area contributed by atoms with Crippen molar-refractivity contribution >= 4 is 6.29 Å². The van der Waals surface area contributed by atoms with Gasteiger partial charge in [-0.25, -0.2) is 0 Å². The van der Waals surface area contributed by atoms with Gasteiger partial charge in [0.15, 0.2) is 0 Å². The maximum absolute atomic E-state index is 11.3. The highest BCUT2D eigenvalue weighted by Gasteiger charge is 2.31. The van der Waals surface area contributed by atoms with E-state index >= 15 is 0 Å². The molecule has 2 rings (SSSR count). The molecular formula is C15H28N2O. The molecule has 2 aliphatic rings. The van der Waals surface area contributed by atoms with Crippen LogP contribution >= 0.6 is 0 Å². The number of nitrogens with zero attached hydrogens (tertiary/aromatic N) is 2. The van der Waals surface area contributed by atoms with Crippen molar-refractivity contribution in [2.45, 2.75) is 39.5 Å². The van der Waals surface area contributed by atoms with Crippen molar-refractivity contribution in [3.8, 4) is 0 Å². The molecule has 0 aromatic heterocycles. The molecule has 1 aliphatic heterocycles. The van der Waals surface area contributed by atoms with E-state index in [2.05, 4.69) is 23.6 Å². The molecule has 1 saturated heterocycles. The molecule has 0 bridgehead atoms. The lowest BCUT2D eigenvalue weighted by atomic mass is 9.83. The standard InChI is InChI=1S/C15H28N2O/c1-3-15(4-2,13-18)12-17-9-7-16(8-10-17)11-14-5-6-14/h13-14H,3-12H2,1-2H3. The summed E-state index contributed by atoms with van der Waals surface area (Å²) < 4.78 is 0. The van der Waals surface area contributed by atoms with E-state index in [4.69, 9.17) is 0 Å². The van der Waals surface area contributed by atoms with Crippen LogP contribution in [0.4, 0.5) is 0 Å². The Morgan fingerprint density at radius 2 is 1.61 bits per heavy atom. The van der Waals surface area contributed by atoms with E-state index in [1.165, 1.54) is 38.8 Å². The Balaban J connectivity index is 1.76. The van der Waals surface area contributed by atoms with E-state index in [1.807, 2.05) is 0 Å². The molecular weight excluding hydrogens is 224 g/mol.